The lowest BCUT2D eigenvalue weighted by Crippen LogP contribution is -2.71. The maximum absolute atomic E-state index is 15.7. The van der Waals surface area contributed by atoms with Crippen molar-refractivity contribution in [2.75, 3.05) is 95.8 Å². The lowest BCUT2D eigenvalue weighted by molar-refractivity contribution is -0.182. The third-order valence-electron chi connectivity index (χ3n) is 24.0. The van der Waals surface area contributed by atoms with E-state index in [1.165, 1.54) is 90.7 Å². The molecule has 0 aromatic carbocycles. The van der Waals surface area contributed by atoms with Crippen molar-refractivity contribution in [1.29, 1.82) is 0 Å². The predicted molar refractivity (Wildman–Crippen MR) is 385 cm³/mol. The molecule has 104 heavy (non-hydrogen) atoms. The van der Waals surface area contributed by atoms with Gasteiger partial charge >= 0.3 is 6.18 Å². The maximum Gasteiger partial charge on any atom is 0.393 e. The van der Waals surface area contributed by atoms with E-state index in [1.54, 1.807) is 19.9 Å². The number of alkyl halides is 4. The molecule has 7 rings (SSSR count). The van der Waals surface area contributed by atoms with E-state index in [-0.39, 0.29) is 108 Å². The molecule has 2 bridgehead atoms. The summed E-state index contributed by atoms with van der Waals surface area (Å²) in [6.45, 7) is 11.9. The average molecular weight is 1490 g/mol. The molecule has 4 aliphatic carbocycles. The molecule has 2 saturated heterocycles. The Labute approximate surface area is 618 Å². The topological polar surface area (TPSA) is 279 Å². The van der Waals surface area contributed by atoms with Gasteiger partial charge in [-0.05, 0) is 131 Å². The number of amides is 12. The first kappa shape index (κ1) is 84.7. The first-order valence-electron chi connectivity index (χ1n) is 38.0. The third kappa shape index (κ3) is 20.4. The van der Waals surface area contributed by atoms with Gasteiger partial charge in [-0.1, -0.05) is 98.6 Å². The quantitative estimate of drug-likeness (QED) is 0.150. The minimum absolute atomic E-state index is 0.00141. The molecular weight excluding hydrogens is 1370 g/mol. The lowest BCUT2D eigenvalue weighted by Gasteiger charge is -2.54. The molecule has 3 aliphatic heterocycles. The maximum atomic E-state index is 15.7. The monoisotopic (exact) mass is 1490 g/mol. The van der Waals surface area contributed by atoms with E-state index in [2.05, 4.69) is 22.9 Å². The van der Waals surface area contributed by atoms with Gasteiger partial charge in [0.05, 0.1) is 32.0 Å². The number of ether oxygens (including phenoxy) is 1. The SMILES string of the molecule is CC[C@H](C)[C@@H]1NC(=O)[C@H](COC)N(C)C(=O)C[C@@H](C(=O)N(C)CC)N(C)C(=O)[C@H](C2CCCC2)N(C)C(=O)C2(CC(C)(C)C2)NC(=O)[C@@H]2C[C@H](C)CN2C(=O)[C@H](CCC2CCC(C(F)(F)F)C(Cl)C2)NC(=O)CN(C)C(=O)[C@H](CC2CCC(C)CC2)N2CC/C=C\C[C@@H](C2=O)N(C)C(=O)CN(C)C1=O. The zero-order valence-electron chi connectivity index (χ0n) is 64.3. The van der Waals surface area contributed by atoms with E-state index in [0.717, 1.165) is 48.3 Å². The summed E-state index contributed by atoms with van der Waals surface area (Å²) >= 11 is 6.45. The number of likely N-dealkylation sites (N-methyl/N-ethyl adjacent to an activating group) is 7. The molecule has 0 aromatic heterocycles. The molecule has 3 unspecified atom stereocenters. The zero-order chi connectivity index (χ0) is 77.2. The molecule has 7 aliphatic rings. The van der Waals surface area contributed by atoms with Crippen LogP contribution in [0.25, 0.3) is 0 Å². The highest BCUT2D eigenvalue weighted by Crippen LogP contribution is 2.50. The fraction of sp³-hybridized carbons (Fsp3) is 0.813. The second-order valence-electron chi connectivity index (χ2n) is 32.6. The summed E-state index contributed by atoms with van der Waals surface area (Å²) in [5.41, 5.74) is -2.12. The number of nitrogens with one attached hydrogen (secondary N) is 3. The summed E-state index contributed by atoms with van der Waals surface area (Å²) in [7, 11) is 11.3. The van der Waals surface area contributed by atoms with Crippen LogP contribution in [0, 0.1) is 46.8 Å². The number of halogens is 4. The number of hydrogen-bond donors (Lipinski definition) is 3. The molecule has 25 nitrogen and oxygen atoms in total. The van der Waals surface area contributed by atoms with Gasteiger partial charge in [-0.2, -0.15) is 13.2 Å². The van der Waals surface area contributed by atoms with Crippen molar-refractivity contribution in [2.24, 2.45) is 46.8 Å². The van der Waals surface area contributed by atoms with Crippen molar-refractivity contribution >= 4 is 82.5 Å². The first-order chi connectivity index (χ1) is 48.8. The first-order valence-corrected chi connectivity index (χ1v) is 38.4. The van der Waals surface area contributed by atoms with Crippen LogP contribution in [-0.4, -0.2) is 276 Å². The van der Waals surface area contributed by atoms with Crippen molar-refractivity contribution in [2.45, 2.75) is 249 Å². The highest BCUT2D eigenvalue weighted by atomic mass is 35.5. The summed E-state index contributed by atoms with van der Waals surface area (Å²) in [5.74, 6) is -10.8. The van der Waals surface area contributed by atoms with Crippen LogP contribution in [0.15, 0.2) is 12.2 Å². The third-order valence-corrected chi connectivity index (χ3v) is 24.5. The van der Waals surface area contributed by atoms with Crippen molar-refractivity contribution in [3.8, 4) is 0 Å². The number of rotatable bonds is 12. The highest BCUT2D eigenvalue weighted by molar-refractivity contribution is 6.21. The van der Waals surface area contributed by atoms with Crippen LogP contribution in [0.1, 0.15) is 183 Å². The van der Waals surface area contributed by atoms with E-state index in [9.17, 15) is 41.9 Å². The minimum Gasteiger partial charge on any atom is -0.382 e. The Hall–Kier alpha value is -6.58. The Morgan fingerprint density at radius 1 is 0.692 bits per heavy atom. The predicted octanol–water partition coefficient (Wildman–Crippen LogP) is 5.99. The van der Waals surface area contributed by atoms with Gasteiger partial charge in [0.25, 0.3) is 0 Å². The zero-order valence-corrected chi connectivity index (χ0v) is 65.1. The van der Waals surface area contributed by atoms with E-state index in [4.69, 9.17) is 16.3 Å². The van der Waals surface area contributed by atoms with Gasteiger partial charge in [-0.25, -0.2) is 0 Å². The van der Waals surface area contributed by atoms with Crippen LogP contribution >= 0.6 is 11.6 Å². The second-order valence-corrected chi connectivity index (χ2v) is 33.1. The summed E-state index contributed by atoms with van der Waals surface area (Å²) in [6, 6.07) is -10.2. The van der Waals surface area contributed by atoms with Gasteiger partial charge in [0.2, 0.25) is 70.9 Å². The Bertz CT molecular complexity index is 3120. The fourth-order valence-corrected chi connectivity index (χ4v) is 17.9. The summed E-state index contributed by atoms with van der Waals surface area (Å²) in [6.07, 6.45) is 5.68. The Kier molecular flexibility index (Phi) is 29.6. The number of methoxy groups -OCH3 is 1. The second kappa shape index (κ2) is 36.3. The molecule has 3 heterocycles. The van der Waals surface area contributed by atoms with Crippen molar-refractivity contribution < 1.29 is 75.4 Å². The highest BCUT2D eigenvalue weighted by Gasteiger charge is 2.59. The largest absolute Gasteiger partial charge is 0.393 e. The van der Waals surface area contributed by atoms with Crippen molar-refractivity contribution in [3.63, 3.8) is 0 Å². The van der Waals surface area contributed by atoms with Crippen LogP contribution < -0.4 is 16.0 Å². The normalized spacial score (nSPS) is 32.3. The number of hydrogen-bond acceptors (Lipinski definition) is 13. The van der Waals surface area contributed by atoms with E-state index in [1.807, 2.05) is 33.8 Å². The van der Waals surface area contributed by atoms with Gasteiger partial charge in [0.15, 0.2) is 0 Å². The summed E-state index contributed by atoms with van der Waals surface area (Å²) in [5, 5.41) is 7.57. The van der Waals surface area contributed by atoms with Crippen LogP contribution in [0.3, 0.4) is 0 Å². The molecule has 13 atom stereocenters. The van der Waals surface area contributed by atoms with Gasteiger partial charge in [-0.15, -0.1) is 11.6 Å². The summed E-state index contributed by atoms with van der Waals surface area (Å²) < 4.78 is 47.9. The molecule has 0 radical (unpaired) electrons. The van der Waals surface area contributed by atoms with Crippen LogP contribution in [0.4, 0.5) is 13.2 Å². The molecule has 6 fully saturated rings. The fourth-order valence-electron chi connectivity index (χ4n) is 17.4. The molecule has 29 heteroatoms. The van der Waals surface area contributed by atoms with Crippen molar-refractivity contribution in [3.05, 3.63) is 12.2 Å². The minimum atomic E-state index is -4.52. The van der Waals surface area contributed by atoms with Crippen molar-refractivity contribution in [1.82, 2.24) is 60.0 Å². The molecule has 3 N–H and O–H groups in total. The average Bonchev–Trinajstić information content (AvgIpc) is 0.929. The Morgan fingerprint density at radius 2 is 1.33 bits per heavy atom. The molecule has 586 valence electrons. The number of carbonyl (C=O) groups is 12. The number of nitrogens with zero attached hydrogens (tertiary/aromatic N) is 9. The molecule has 12 amide bonds. The van der Waals surface area contributed by atoms with Gasteiger partial charge in [-0.3, -0.25) is 57.5 Å². The van der Waals surface area contributed by atoms with Gasteiger partial charge in [0.1, 0.15) is 53.9 Å². The van der Waals surface area contributed by atoms with E-state index >= 15 is 28.8 Å². The Balaban J connectivity index is 1.31. The standard InChI is InChI=1S/C75H120ClF3N12O13/c1-16-47(5)62-70(101)85(10)41-61(94)86(11)54-25-19-18-22-34-90(69(54)100)57(37-49-28-26-45(3)27-29-49)68(99)84(9)40-59(92)80-53(33-31-48-30-32-51(52(76)36-48)75(77,78)79)66(97)91-39-46(4)35-55(91)65(96)82-74(43-73(6,7)44-74)72(103)89(14)63(50-23-20-21-24-50)71(102)88(13)56(67(98)83(8)17-2)38-60(93)87(12)58(42-104-15)64(95)81-62/h18-19,45-58,62-63H,16-17,20-44H2,1-15H3,(H,80,92)(H,81,95)(H,82,96)/b19-18-/t45?,46-,47-,48?,49?,51?,52?,53-,54-,55-,56-,57-,58-,62-,63-/m0/s1. The Morgan fingerprint density at radius 3 is 1.92 bits per heavy atom. The van der Waals surface area contributed by atoms with E-state index in [0.29, 0.717) is 31.6 Å². The van der Waals surface area contributed by atoms with Gasteiger partial charge in [0, 0.05) is 81.5 Å². The van der Waals surface area contributed by atoms with Crippen LogP contribution in [0.2, 0.25) is 0 Å². The smallest absolute Gasteiger partial charge is 0.382 e. The molecule has 0 aromatic rings. The molecular formula is C75H120ClF3N12O13. The lowest BCUT2D eigenvalue weighted by atomic mass is 9.58. The van der Waals surface area contributed by atoms with Crippen LogP contribution in [0.5, 0.6) is 0 Å². The van der Waals surface area contributed by atoms with E-state index < -0.39 is 179 Å². The summed E-state index contributed by atoms with van der Waals surface area (Å²) in [4.78, 5) is 193. The van der Waals surface area contributed by atoms with Gasteiger partial charge < -0.3 is 64.8 Å². The number of fused-ring (bicyclic) bond motifs is 3. The number of carbonyl (C=O) groups excluding carboxylic acids is 12. The molecule has 4 saturated carbocycles. The molecule has 1 spiro atoms. The van der Waals surface area contributed by atoms with Crippen LogP contribution in [-0.2, 0) is 62.3 Å².